The van der Waals surface area contributed by atoms with E-state index >= 15 is 0 Å². The van der Waals surface area contributed by atoms with Crippen molar-refractivity contribution in [2.75, 3.05) is 17.7 Å². The van der Waals surface area contributed by atoms with Crippen LogP contribution in [0.15, 0.2) is 29.4 Å². The molecule has 0 aliphatic carbocycles. The van der Waals surface area contributed by atoms with E-state index in [0.717, 1.165) is 16.5 Å². The number of H-pyrrole nitrogens is 1. The smallest absolute Gasteiger partial charge is 0.338 e. The largest absolute Gasteiger partial charge is 0.462 e. The highest BCUT2D eigenvalue weighted by atomic mass is 32.2. The Morgan fingerprint density at radius 3 is 2.52 bits per heavy atom. The minimum Gasteiger partial charge on any atom is -0.462 e. The van der Waals surface area contributed by atoms with E-state index in [1.54, 1.807) is 31.2 Å². The molecule has 0 aliphatic rings. The number of nitrogens with one attached hydrogen (secondary N) is 2. The molecule has 0 saturated carbocycles. The lowest BCUT2D eigenvalue weighted by molar-refractivity contribution is -0.113. The van der Waals surface area contributed by atoms with E-state index in [1.807, 2.05) is 13.8 Å². The average molecular weight is 333 g/mol. The number of carbonyl (C=O) groups excluding carboxylic acids is 2. The topological polar surface area (TPSA) is 84.1 Å². The van der Waals surface area contributed by atoms with Crippen LogP contribution in [0.3, 0.4) is 0 Å². The second kappa shape index (κ2) is 7.82. The van der Waals surface area contributed by atoms with Crippen molar-refractivity contribution in [3.63, 3.8) is 0 Å². The lowest BCUT2D eigenvalue weighted by atomic mass is 10.2. The SMILES string of the molecule is CCOC(=O)c1ccc(NC(=O)CSc2nc(C)c(C)[nH]2)cc1. The number of hydrogen-bond donors (Lipinski definition) is 2. The van der Waals surface area contributed by atoms with Gasteiger partial charge < -0.3 is 15.0 Å². The van der Waals surface area contributed by atoms with Gasteiger partial charge in [-0.3, -0.25) is 4.79 Å². The first-order valence-electron chi connectivity index (χ1n) is 7.22. The number of amides is 1. The van der Waals surface area contributed by atoms with Crippen LogP contribution in [0.2, 0.25) is 0 Å². The second-order valence-corrected chi connectivity index (χ2v) is 5.85. The van der Waals surface area contributed by atoms with E-state index in [2.05, 4.69) is 15.3 Å². The Kier molecular flexibility index (Phi) is 5.81. The predicted octanol–water partition coefficient (Wildman–Crippen LogP) is 2.93. The number of aromatic amines is 1. The van der Waals surface area contributed by atoms with Gasteiger partial charge >= 0.3 is 5.97 Å². The minimum absolute atomic E-state index is 0.134. The molecular weight excluding hydrogens is 314 g/mol. The molecule has 0 radical (unpaired) electrons. The normalized spacial score (nSPS) is 10.4. The molecule has 1 aromatic carbocycles. The molecule has 2 N–H and O–H groups in total. The number of ether oxygens (including phenoxy) is 1. The third-order valence-electron chi connectivity index (χ3n) is 3.13. The number of esters is 1. The van der Waals surface area contributed by atoms with Crippen LogP contribution in [0.25, 0.3) is 0 Å². The third kappa shape index (κ3) is 4.85. The van der Waals surface area contributed by atoms with Gasteiger partial charge in [-0.25, -0.2) is 9.78 Å². The summed E-state index contributed by atoms with van der Waals surface area (Å²) >= 11 is 1.34. The third-order valence-corrected chi connectivity index (χ3v) is 4.00. The number of imidazole rings is 1. The van der Waals surface area contributed by atoms with Gasteiger partial charge in [-0.2, -0.15) is 0 Å². The monoisotopic (exact) mass is 333 g/mol. The highest BCUT2D eigenvalue weighted by Gasteiger charge is 2.09. The highest BCUT2D eigenvalue weighted by Crippen LogP contribution is 2.17. The Balaban J connectivity index is 1.86. The van der Waals surface area contributed by atoms with E-state index in [0.29, 0.717) is 17.9 Å². The maximum atomic E-state index is 11.9. The predicted molar refractivity (Wildman–Crippen MR) is 89.8 cm³/mol. The van der Waals surface area contributed by atoms with Gasteiger partial charge in [-0.1, -0.05) is 11.8 Å². The molecule has 0 spiro atoms. The van der Waals surface area contributed by atoms with Gasteiger partial charge in [0.05, 0.1) is 23.6 Å². The van der Waals surface area contributed by atoms with Crippen molar-refractivity contribution in [2.45, 2.75) is 25.9 Å². The van der Waals surface area contributed by atoms with Crippen LogP contribution in [0.5, 0.6) is 0 Å². The van der Waals surface area contributed by atoms with Gasteiger partial charge in [0.25, 0.3) is 0 Å². The molecule has 0 fully saturated rings. The summed E-state index contributed by atoms with van der Waals surface area (Å²) in [5.41, 5.74) is 3.03. The molecule has 1 amide bonds. The molecular formula is C16H19N3O3S. The molecule has 0 atom stereocenters. The number of aromatic nitrogens is 2. The summed E-state index contributed by atoms with van der Waals surface area (Å²) < 4.78 is 4.91. The molecule has 0 unspecified atom stereocenters. The van der Waals surface area contributed by atoms with Crippen molar-refractivity contribution < 1.29 is 14.3 Å². The summed E-state index contributed by atoms with van der Waals surface area (Å²) in [6.07, 6.45) is 0. The summed E-state index contributed by atoms with van der Waals surface area (Å²) in [5.74, 6) is -0.249. The Hall–Kier alpha value is -2.28. The number of anilines is 1. The van der Waals surface area contributed by atoms with Crippen LogP contribution in [0.1, 0.15) is 28.7 Å². The summed E-state index contributed by atoms with van der Waals surface area (Å²) in [4.78, 5) is 30.9. The Labute approximate surface area is 139 Å². The lowest BCUT2D eigenvalue weighted by Crippen LogP contribution is -2.14. The Morgan fingerprint density at radius 1 is 1.26 bits per heavy atom. The average Bonchev–Trinajstić information content (AvgIpc) is 2.85. The molecule has 0 bridgehead atoms. The zero-order valence-corrected chi connectivity index (χ0v) is 14.1. The van der Waals surface area contributed by atoms with Crippen molar-refractivity contribution in [1.29, 1.82) is 0 Å². The van der Waals surface area contributed by atoms with Gasteiger partial charge in [-0.15, -0.1) is 0 Å². The second-order valence-electron chi connectivity index (χ2n) is 4.89. The molecule has 2 rings (SSSR count). The molecule has 1 heterocycles. The van der Waals surface area contributed by atoms with Gasteiger partial charge in [0.1, 0.15) is 0 Å². The van der Waals surface area contributed by atoms with Crippen molar-refractivity contribution in [3.05, 3.63) is 41.2 Å². The number of nitrogens with zero attached hydrogens (tertiary/aromatic N) is 1. The van der Waals surface area contributed by atoms with E-state index < -0.39 is 0 Å². The number of thioether (sulfide) groups is 1. The van der Waals surface area contributed by atoms with Crippen LogP contribution in [0.4, 0.5) is 5.69 Å². The summed E-state index contributed by atoms with van der Waals surface area (Å²) in [5, 5.41) is 3.51. The van der Waals surface area contributed by atoms with Crippen molar-refractivity contribution in [3.8, 4) is 0 Å². The maximum absolute atomic E-state index is 11.9. The quantitative estimate of drug-likeness (QED) is 0.627. The summed E-state index contributed by atoms with van der Waals surface area (Å²) in [6, 6.07) is 6.60. The molecule has 23 heavy (non-hydrogen) atoms. The number of rotatable bonds is 6. The first-order valence-corrected chi connectivity index (χ1v) is 8.21. The number of carbonyl (C=O) groups is 2. The molecule has 0 saturated heterocycles. The lowest BCUT2D eigenvalue weighted by Gasteiger charge is -2.06. The molecule has 2 aromatic rings. The molecule has 0 aliphatic heterocycles. The summed E-state index contributed by atoms with van der Waals surface area (Å²) in [6.45, 7) is 5.95. The zero-order chi connectivity index (χ0) is 16.8. The molecule has 7 heteroatoms. The van der Waals surface area contributed by atoms with Gasteiger partial charge in [0.2, 0.25) is 5.91 Å². The maximum Gasteiger partial charge on any atom is 0.338 e. The fourth-order valence-corrected chi connectivity index (χ4v) is 2.59. The van der Waals surface area contributed by atoms with Crippen molar-refractivity contribution in [2.24, 2.45) is 0 Å². The van der Waals surface area contributed by atoms with Crippen LogP contribution >= 0.6 is 11.8 Å². The molecule has 1 aromatic heterocycles. The first kappa shape index (κ1) is 17.1. The Bertz CT molecular complexity index is 676. The number of aryl methyl sites for hydroxylation is 2. The minimum atomic E-state index is -0.371. The number of benzene rings is 1. The van der Waals surface area contributed by atoms with E-state index in [-0.39, 0.29) is 17.6 Å². The van der Waals surface area contributed by atoms with Crippen molar-refractivity contribution in [1.82, 2.24) is 9.97 Å². The van der Waals surface area contributed by atoms with E-state index in [4.69, 9.17) is 4.74 Å². The van der Waals surface area contributed by atoms with Crippen LogP contribution in [-0.2, 0) is 9.53 Å². The molecule has 6 nitrogen and oxygen atoms in total. The van der Waals surface area contributed by atoms with E-state index in [9.17, 15) is 9.59 Å². The zero-order valence-electron chi connectivity index (χ0n) is 13.3. The first-order chi connectivity index (χ1) is 11.0. The van der Waals surface area contributed by atoms with Crippen molar-refractivity contribution >= 4 is 29.3 Å². The fraction of sp³-hybridized carbons (Fsp3) is 0.312. The van der Waals surface area contributed by atoms with Gasteiger partial charge in [0, 0.05) is 11.4 Å². The van der Waals surface area contributed by atoms with Crippen LogP contribution in [0, 0.1) is 13.8 Å². The standard InChI is InChI=1S/C16H19N3O3S/c1-4-22-15(21)12-5-7-13(8-6-12)19-14(20)9-23-16-17-10(2)11(3)18-16/h5-8H,4,9H2,1-3H3,(H,17,18)(H,19,20). The molecule has 122 valence electrons. The highest BCUT2D eigenvalue weighted by molar-refractivity contribution is 7.99. The van der Waals surface area contributed by atoms with Crippen LogP contribution < -0.4 is 5.32 Å². The fourth-order valence-electron chi connectivity index (χ4n) is 1.82. The Morgan fingerprint density at radius 2 is 1.96 bits per heavy atom. The van der Waals surface area contributed by atoms with Crippen LogP contribution in [-0.4, -0.2) is 34.2 Å². The van der Waals surface area contributed by atoms with Gasteiger partial charge in [0.15, 0.2) is 5.16 Å². The van der Waals surface area contributed by atoms with E-state index in [1.165, 1.54) is 11.8 Å². The number of hydrogen-bond acceptors (Lipinski definition) is 5. The summed E-state index contributed by atoms with van der Waals surface area (Å²) in [7, 11) is 0. The van der Waals surface area contributed by atoms with Gasteiger partial charge in [-0.05, 0) is 45.0 Å².